The molecular weight excluding hydrogens is 308 g/mol. The number of hydrogen-bond donors (Lipinski definition) is 1. The summed E-state index contributed by atoms with van der Waals surface area (Å²) in [7, 11) is 1.68. The second-order valence-corrected chi connectivity index (χ2v) is 6.35. The molecule has 24 heavy (non-hydrogen) atoms. The first-order chi connectivity index (χ1) is 11.6. The van der Waals surface area contributed by atoms with E-state index < -0.39 is 0 Å². The van der Waals surface area contributed by atoms with Crippen LogP contribution in [0.3, 0.4) is 0 Å². The predicted molar refractivity (Wildman–Crippen MR) is 89.6 cm³/mol. The van der Waals surface area contributed by atoms with E-state index in [-0.39, 0.29) is 18.1 Å². The molecule has 3 rings (SSSR count). The lowest BCUT2D eigenvalue weighted by Crippen LogP contribution is -2.53. The quantitative estimate of drug-likeness (QED) is 0.823. The average Bonchev–Trinajstić information content (AvgIpc) is 2.90. The van der Waals surface area contributed by atoms with Crippen LogP contribution in [0.25, 0.3) is 11.2 Å². The number of hydrogen-bond acceptors (Lipinski definition) is 5. The minimum atomic E-state index is -0.348. The maximum Gasteiger partial charge on any atom is 0.222 e. The van der Waals surface area contributed by atoms with Crippen molar-refractivity contribution in [3.63, 3.8) is 0 Å². The van der Waals surface area contributed by atoms with E-state index in [4.69, 9.17) is 4.74 Å². The summed E-state index contributed by atoms with van der Waals surface area (Å²) in [6.07, 6.45) is 3.34. The third-order valence-corrected chi connectivity index (χ3v) is 4.38. The highest BCUT2D eigenvalue weighted by Gasteiger charge is 2.28. The van der Waals surface area contributed by atoms with E-state index in [1.807, 2.05) is 12.1 Å². The highest BCUT2D eigenvalue weighted by molar-refractivity contribution is 5.77. The number of amides is 1. The maximum atomic E-state index is 12.0. The van der Waals surface area contributed by atoms with Crippen molar-refractivity contribution < 1.29 is 14.6 Å². The Morgan fingerprint density at radius 1 is 1.50 bits per heavy atom. The van der Waals surface area contributed by atoms with Crippen LogP contribution in [0.15, 0.2) is 18.3 Å². The zero-order valence-corrected chi connectivity index (χ0v) is 14.2. The Balaban J connectivity index is 1.69. The monoisotopic (exact) mass is 332 g/mol. The fourth-order valence-electron chi connectivity index (χ4n) is 3.15. The van der Waals surface area contributed by atoms with Crippen LogP contribution in [0.1, 0.15) is 31.6 Å². The lowest BCUT2D eigenvalue weighted by Gasteiger charge is -2.35. The first-order valence-electron chi connectivity index (χ1n) is 8.36. The molecule has 1 N–H and O–H groups in total. The lowest BCUT2D eigenvalue weighted by atomic mass is 10.1. The molecule has 0 aliphatic carbocycles. The summed E-state index contributed by atoms with van der Waals surface area (Å²) in [5.41, 5.74) is 1.72. The van der Waals surface area contributed by atoms with Crippen LogP contribution in [0, 0.1) is 0 Å². The molecule has 2 aromatic heterocycles. The van der Waals surface area contributed by atoms with Crippen molar-refractivity contribution in [3.8, 4) is 0 Å². The van der Waals surface area contributed by atoms with Gasteiger partial charge in [0.15, 0.2) is 5.65 Å². The van der Waals surface area contributed by atoms with Crippen LogP contribution in [0.2, 0.25) is 0 Å². The van der Waals surface area contributed by atoms with Gasteiger partial charge in [0.2, 0.25) is 5.91 Å². The number of ether oxygens (including phenoxy) is 1. The molecule has 0 spiro atoms. The third-order valence-electron chi connectivity index (χ3n) is 4.38. The molecule has 0 radical (unpaired) electrons. The standard InChI is InChI=1S/C17H24N4O3/c1-12(11-24-2)21-15(19-14-5-4-8-18-17(14)21)6-3-7-16(23)20-9-13(22)10-20/h4-5,8,12-13,22H,3,6-7,9-11H2,1-2H3/t12-/m0/s1. The fourth-order valence-corrected chi connectivity index (χ4v) is 3.15. The van der Waals surface area contributed by atoms with Crippen molar-refractivity contribution in [2.45, 2.75) is 38.3 Å². The number of rotatable bonds is 7. The van der Waals surface area contributed by atoms with Gasteiger partial charge in [-0.15, -0.1) is 0 Å². The second-order valence-electron chi connectivity index (χ2n) is 6.35. The SMILES string of the molecule is COC[C@H](C)n1c(CCCC(=O)N2CC(O)C2)nc2cccnc21. The van der Waals surface area contributed by atoms with Gasteiger partial charge in [-0.3, -0.25) is 4.79 Å². The van der Waals surface area contributed by atoms with Crippen molar-refractivity contribution in [2.24, 2.45) is 0 Å². The number of fused-ring (bicyclic) bond motifs is 1. The average molecular weight is 332 g/mol. The number of carbonyl (C=O) groups excluding carboxylic acids is 1. The smallest absolute Gasteiger partial charge is 0.222 e. The Kier molecular flexibility index (Phi) is 5.11. The zero-order valence-electron chi connectivity index (χ0n) is 14.2. The molecule has 0 aromatic carbocycles. The maximum absolute atomic E-state index is 12.0. The Morgan fingerprint density at radius 2 is 2.29 bits per heavy atom. The van der Waals surface area contributed by atoms with E-state index in [1.165, 1.54) is 0 Å². The summed E-state index contributed by atoms with van der Waals surface area (Å²) < 4.78 is 7.38. The molecule has 1 aliphatic rings. The molecule has 1 fully saturated rings. The van der Waals surface area contributed by atoms with E-state index in [9.17, 15) is 9.90 Å². The molecular formula is C17H24N4O3. The largest absolute Gasteiger partial charge is 0.389 e. The first kappa shape index (κ1) is 16.9. The molecule has 1 saturated heterocycles. The minimum Gasteiger partial charge on any atom is -0.389 e. The Hall–Kier alpha value is -1.99. The van der Waals surface area contributed by atoms with Crippen molar-refractivity contribution in [1.29, 1.82) is 0 Å². The number of pyridine rings is 1. The van der Waals surface area contributed by atoms with Gasteiger partial charge in [0.05, 0.1) is 18.8 Å². The second kappa shape index (κ2) is 7.27. The summed E-state index contributed by atoms with van der Waals surface area (Å²) in [5, 5.41) is 9.27. The van der Waals surface area contributed by atoms with E-state index in [1.54, 1.807) is 18.2 Å². The van der Waals surface area contributed by atoms with Crippen molar-refractivity contribution in [2.75, 3.05) is 26.8 Å². The number of carbonyl (C=O) groups is 1. The predicted octanol–water partition coefficient (Wildman–Crippen LogP) is 1.16. The van der Waals surface area contributed by atoms with Crippen LogP contribution in [0.4, 0.5) is 0 Å². The summed E-state index contributed by atoms with van der Waals surface area (Å²) in [6, 6.07) is 3.96. The molecule has 7 heteroatoms. The number of aliphatic hydroxyl groups is 1. The number of likely N-dealkylation sites (tertiary alicyclic amines) is 1. The van der Waals surface area contributed by atoms with Gasteiger partial charge < -0.3 is 19.3 Å². The number of aliphatic hydroxyl groups excluding tert-OH is 1. The van der Waals surface area contributed by atoms with Crippen molar-refractivity contribution >= 4 is 17.1 Å². The van der Waals surface area contributed by atoms with Crippen molar-refractivity contribution in [3.05, 3.63) is 24.2 Å². The molecule has 1 amide bonds. The molecule has 0 bridgehead atoms. The molecule has 2 aromatic rings. The molecule has 0 saturated carbocycles. The number of nitrogens with zero attached hydrogens (tertiary/aromatic N) is 4. The molecule has 3 heterocycles. The summed E-state index contributed by atoms with van der Waals surface area (Å²) >= 11 is 0. The van der Waals surface area contributed by atoms with Gasteiger partial charge in [0, 0.05) is 39.2 Å². The Morgan fingerprint density at radius 3 is 3.00 bits per heavy atom. The molecule has 7 nitrogen and oxygen atoms in total. The van der Waals surface area contributed by atoms with E-state index in [0.29, 0.717) is 32.5 Å². The summed E-state index contributed by atoms with van der Waals surface area (Å²) in [4.78, 5) is 22.8. The van der Waals surface area contributed by atoms with Gasteiger partial charge in [-0.25, -0.2) is 9.97 Å². The number of β-amino-alcohol motifs (C(OH)–C–C–N with tert-alkyl or cyclic N) is 1. The van der Waals surface area contributed by atoms with E-state index >= 15 is 0 Å². The minimum absolute atomic E-state index is 0.103. The van der Waals surface area contributed by atoms with Crippen molar-refractivity contribution in [1.82, 2.24) is 19.4 Å². The number of methoxy groups -OCH3 is 1. The number of aromatic nitrogens is 3. The van der Waals surface area contributed by atoms with Crippen LogP contribution < -0.4 is 0 Å². The van der Waals surface area contributed by atoms with Gasteiger partial charge in [0.1, 0.15) is 11.3 Å². The van der Waals surface area contributed by atoms with Gasteiger partial charge >= 0.3 is 0 Å². The first-order valence-corrected chi connectivity index (χ1v) is 8.36. The van der Waals surface area contributed by atoms with Gasteiger partial charge in [0.25, 0.3) is 0 Å². The Bertz CT molecular complexity index is 709. The highest BCUT2D eigenvalue weighted by Crippen LogP contribution is 2.21. The Labute approximate surface area is 141 Å². The molecule has 0 unspecified atom stereocenters. The normalized spacial score (nSPS) is 16.4. The highest BCUT2D eigenvalue weighted by atomic mass is 16.5. The number of aryl methyl sites for hydroxylation is 1. The van der Waals surface area contributed by atoms with Gasteiger partial charge in [-0.1, -0.05) is 0 Å². The van der Waals surface area contributed by atoms with E-state index in [0.717, 1.165) is 23.4 Å². The summed E-state index contributed by atoms with van der Waals surface area (Å²) in [6.45, 7) is 3.59. The topological polar surface area (TPSA) is 80.5 Å². The zero-order chi connectivity index (χ0) is 17.1. The van der Waals surface area contributed by atoms with Crippen LogP contribution >= 0.6 is 0 Å². The fraction of sp³-hybridized carbons (Fsp3) is 0.588. The van der Waals surface area contributed by atoms with Crippen LogP contribution in [0.5, 0.6) is 0 Å². The van der Waals surface area contributed by atoms with E-state index in [2.05, 4.69) is 21.5 Å². The van der Waals surface area contributed by atoms with Crippen LogP contribution in [-0.2, 0) is 16.0 Å². The van der Waals surface area contributed by atoms with Gasteiger partial charge in [-0.05, 0) is 25.5 Å². The molecule has 1 aliphatic heterocycles. The number of imidazole rings is 1. The third kappa shape index (κ3) is 3.42. The van der Waals surface area contributed by atoms with Crippen LogP contribution in [-0.4, -0.2) is 63.4 Å². The summed E-state index contributed by atoms with van der Waals surface area (Å²) in [5.74, 6) is 1.04. The molecule has 130 valence electrons. The molecule has 1 atom stereocenters. The van der Waals surface area contributed by atoms with Gasteiger partial charge in [-0.2, -0.15) is 0 Å². The lowest BCUT2D eigenvalue weighted by molar-refractivity contribution is -0.141.